The first-order valence-corrected chi connectivity index (χ1v) is 13.0. The molecule has 1 aromatic carbocycles. The van der Waals surface area contributed by atoms with E-state index in [0.29, 0.717) is 18.7 Å². The van der Waals surface area contributed by atoms with Gasteiger partial charge in [0.2, 0.25) is 5.91 Å². The van der Waals surface area contributed by atoms with Gasteiger partial charge in [-0.2, -0.15) is 5.10 Å². The molecule has 2 amide bonds. The standard InChI is InChI=1S/C25H32N4O4S/c1-25(24(32)26-18-7-5-4-6-8-18)16-29-21(15-20(27-29)23(31)33-2)22(30)28(25)14-13-17-9-11-19(34-3)12-10-17/h9-12,15,18H,4-8,13-14,16H2,1-3H3,(H,26,32). The fourth-order valence-electron chi connectivity index (χ4n) is 4.82. The molecule has 8 nitrogen and oxygen atoms in total. The third-order valence-corrected chi connectivity index (χ3v) is 7.65. The van der Waals surface area contributed by atoms with Crippen LogP contribution in [0, 0.1) is 0 Å². The zero-order valence-electron chi connectivity index (χ0n) is 20.0. The summed E-state index contributed by atoms with van der Waals surface area (Å²) in [4.78, 5) is 42.1. The zero-order chi connectivity index (χ0) is 24.3. The van der Waals surface area contributed by atoms with Crippen LogP contribution in [-0.2, 0) is 22.5 Å². The van der Waals surface area contributed by atoms with Crippen molar-refractivity contribution in [1.82, 2.24) is 20.0 Å². The van der Waals surface area contributed by atoms with Crippen LogP contribution in [0.15, 0.2) is 35.2 Å². The minimum atomic E-state index is -1.12. The molecule has 2 heterocycles. The second-order valence-corrected chi connectivity index (χ2v) is 10.1. The van der Waals surface area contributed by atoms with E-state index >= 15 is 0 Å². The monoisotopic (exact) mass is 484 g/mol. The van der Waals surface area contributed by atoms with Gasteiger partial charge in [0.1, 0.15) is 11.2 Å². The lowest BCUT2D eigenvalue weighted by Crippen LogP contribution is -2.65. The quantitative estimate of drug-likeness (QED) is 0.479. The first-order valence-electron chi connectivity index (χ1n) is 11.8. The van der Waals surface area contributed by atoms with Crippen LogP contribution in [0.2, 0.25) is 0 Å². The van der Waals surface area contributed by atoms with Crippen LogP contribution in [0.25, 0.3) is 0 Å². The van der Waals surface area contributed by atoms with E-state index in [2.05, 4.69) is 34.7 Å². The van der Waals surface area contributed by atoms with Crippen LogP contribution in [0.3, 0.4) is 0 Å². The molecule has 0 saturated heterocycles. The minimum absolute atomic E-state index is 0.0652. The molecule has 0 spiro atoms. The number of carbonyl (C=O) groups excluding carboxylic acids is 3. The van der Waals surface area contributed by atoms with E-state index in [1.807, 2.05) is 6.26 Å². The summed E-state index contributed by atoms with van der Waals surface area (Å²) in [7, 11) is 1.28. The lowest BCUT2D eigenvalue weighted by atomic mass is 9.91. The molecule has 0 radical (unpaired) electrons. The second-order valence-electron chi connectivity index (χ2n) is 9.20. The van der Waals surface area contributed by atoms with Crippen LogP contribution in [0.5, 0.6) is 0 Å². The summed E-state index contributed by atoms with van der Waals surface area (Å²) in [6.45, 7) is 2.35. The number of esters is 1. The lowest BCUT2D eigenvalue weighted by molar-refractivity contribution is -0.134. The maximum absolute atomic E-state index is 13.6. The molecule has 34 heavy (non-hydrogen) atoms. The smallest absolute Gasteiger partial charge is 0.358 e. The lowest BCUT2D eigenvalue weighted by Gasteiger charge is -2.44. The predicted molar refractivity (Wildman–Crippen MR) is 130 cm³/mol. The van der Waals surface area contributed by atoms with Crippen molar-refractivity contribution in [1.29, 1.82) is 0 Å². The van der Waals surface area contributed by atoms with Crippen LogP contribution < -0.4 is 5.32 Å². The molecule has 182 valence electrons. The molecular formula is C25H32N4O4S. The van der Waals surface area contributed by atoms with Gasteiger partial charge in [0.15, 0.2) is 5.69 Å². The Kier molecular flexibility index (Phi) is 7.30. The molecule has 0 bridgehead atoms. The van der Waals surface area contributed by atoms with Crippen LogP contribution >= 0.6 is 11.8 Å². The number of aromatic nitrogens is 2. The molecule has 9 heteroatoms. The summed E-state index contributed by atoms with van der Waals surface area (Å²) in [6, 6.07) is 9.81. The Hall–Kier alpha value is -2.81. The average Bonchev–Trinajstić information content (AvgIpc) is 3.28. The third-order valence-electron chi connectivity index (χ3n) is 6.90. The van der Waals surface area contributed by atoms with Crippen molar-refractivity contribution < 1.29 is 19.1 Å². The highest BCUT2D eigenvalue weighted by Gasteiger charge is 2.48. The van der Waals surface area contributed by atoms with E-state index in [4.69, 9.17) is 4.74 Å². The van der Waals surface area contributed by atoms with Crippen molar-refractivity contribution in [2.24, 2.45) is 0 Å². The normalized spacial score (nSPS) is 20.7. The van der Waals surface area contributed by atoms with Crippen molar-refractivity contribution in [3.05, 3.63) is 47.3 Å². The van der Waals surface area contributed by atoms with E-state index in [0.717, 1.165) is 31.2 Å². The molecule has 1 aromatic heterocycles. The predicted octanol–water partition coefficient (Wildman–Crippen LogP) is 3.30. The number of fused-ring (bicyclic) bond motifs is 1. The van der Waals surface area contributed by atoms with Gasteiger partial charge in [0.25, 0.3) is 5.91 Å². The Morgan fingerprint density at radius 3 is 2.56 bits per heavy atom. The molecule has 1 aliphatic heterocycles. The van der Waals surface area contributed by atoms with E-state index in [-0.39, 0.29) is 30.1 Å². The number of nitrogens with one attached hydrogen (secondary N) is 1. The molecule has 1 aliphatic carbocycles. The number of ether oxygens (including phenoxy) is 1. The number of benzene rings is 1. The van der Waals surface area contributed by atoms with Gasteiger partial charge in [0, 0.05) is 23.5 Å². The summed E-state index contributed by atoms with van der Waals surface area (Å²) in [5.41, 5.74) is 0.326. The van der Waals surface area contributed by atoms with Gasteiger partial charge in [-0.05, 0) is 50.1 Å². The zero-order valence-corrected chi connectivity index (χ0v) is 20.8. The SMILES string of the molecule is COC(=O)c1cc2n(n1)CC(C)(C(=O)NC1CCCCC1)N(CCc1ccc(SC)cc1)C2=O. The number of hydrogen-bond acceptors (Lipinski definition) is 6. The van der Waals surface area contributed by atoms with E-state index < -0.39 is 11.5 Å². The first kappa shape index (κ1) is 24.3. The second kappa shape index (κ2) is 10.2. The molecule has 2 aromatic rings. The van der Waals surface area contributed by atoms with Gasteiger partial charge in [0.05, 0.1) is 13.7 Å². The molecule has 1 saturated carbocycles. The molecular weight excluding hydrogens is 452 g/mol. The minimum Gasteiger partial charge on any atom is -0.464 e. The highest BCUT2D eigenvalue weighted by Crippen LogP contribution is 2.29. The highest BCUT2D eigenvalue weighted by atomic mass is 32.2. The van der Waals surface area contributed by atoms with E-state index in [1.54, 1.807) is 23.6 Å². The maximum Gasteiger partial charge on any atom is 0.358 e. The number of amides is 2. The summed E-state index contributed by atoms with van der Waals surface area (Å²) in [6.07, 6.45) is 7.95. The molecule has 4 rings (SSSR count). The number of rotatable bonds is 7. The maximum atomic E-state index is 13.6. The summed E-state index contributed by atoms with van der Waals surface area (Å²) in [5, 5.41) is 7.48. The van der Waals surface area contributed by atoms with Crippen molar-refractivity contribution in [2.45, 2.75) is 68.5 Å². The van der Waals surface area contributed by atoms with E-state index in [1.165, 1.54) is 29.2 Å². The van der Waals surface area contributed by atoms with Gasteiger partial charge in [-0.1, -0.05) is 31.4 Å². The molecule has 1 atom stereocenters. The Balaban J connectivity index is 1.61. The van der Waals surface area contributed by atoms with Gasteiger partial charge < -0.3 is 15.0 Å². The number of carbonyl (C=O) groups is 3. The molecule has 1 fully saturated rings. The van der Waals surface area contributed by atoms with E-state index in [9.17, 15) is 14.4 Å². The summed E-state index contributed by atoms with van der Waals surface area (Å²) < 4.78 is 6.25. The Labute approximate surface area is 204 Å². The summed E-state index contributed by atoms with van der Waals surface area (Å²) in [5.74, 6) is -1.09. The van der Waals surface area contributed by atoms with Gasteiger partial charge >= 0.3 is 5.97 Å². The van der Waals surface area contributed by atoms with Crippen LogP contribution in [-0.4, -0.2) is 64.0 Å². The summed E-state index contributed by atoms with van der Waals surface area (Å²) >= 11 is 1.68. The van der Waals surface area contributed by atoms with Crippen LogP contribution in [0.4, 0.5) is 0 Å². The van der Waals surface area contributed by atoms with Crippen molar-refractivity contribution >= 4 is 29.5 Å². The Morgan fingerprint density at radius 1 is 1.21 bits per heavy atom. The first-order chi connectivity index (χ1) is 16.4. The molecule has 1 N–H and O–H groups in total. The fraction of sp³-hybridized carbons (Fsp3) is 0.520. The number of thioether (sulfide) groups is 1. The molecule has 1 unspecified atom stereocenters. The third kappa shape index (κ3) is 4.85. The van der Waals surface area contributed by atoms with Crippen molar-refractivity contribution in [3.8, 4) is 0 Å². The highest BCUT2D eigenvalue weighted by molar-refractivity contribution is 7.98. The van der Waals surface area contributed by atoms with Crippen LogP contribution in [0.1, 0.15) is 65.6 Å². The number of nitrogens with zero attached hydrogens (tertiary/aromatic N) is 3. The molecule has 2 aliphatic rings. The topological polar surface area (TPSA) is 93.5 Å². The fourth-order valence-corrected chi connectivity index (χ4v) is 5.23. The van der Waals surface area contributed by atoms with Gasteiger partial charge in [-0.25, -0.2) is 4.79 Å². The number of hydrogen-bond donors (Lipinski definition) is 1. The Morgan fingerprint density at radius 2 is 1.91 bits per heavy atom. The van der Waals surface area contributed by atoms with Gasteiger partial charge in [-0.3, -0.25) is 14.3 Å². The van der Waals surface area contributed by atoms with Gasteiger partial charge in [-0.15, -0.1) is 11.8 Å². The largest absolute Gasteiger partial charge is 0.464 e. The Bertz CT molecular complexity index is 1060. The average molecular weight is 485 g/mol. The number of methoxy groups -OCH3 is 1. The van der Waals surface area contributed by atoms with Crippen molar-refractivity contribution in [2.75, 3.05) is 19.9 Å². The van der Waals surface area contributed by atoms with Crippen molar-refractivity contribution in [3.63, 3.8) is 0 Å².